The summed E-state index contributed by atoms with van der Waals surface area (Å²) < 4.78 is 0. The minimum atomic E-state index is -0.382. The van der Waals surface area contributed by atoms with Gasteiger partial charge in [-0.25, -0.2) is 0 Å². The van der Waals surface area contributed by atoms with Crippen molar-refractivity contribution < 1.29 is 9.72 Å². The van der Waals surface area contributed by atoms with Crippen LogP contribution in [-0.4, -0.2) is 34.6 Å². The molecule has 2 rings (SSSR count). The molecule has 1 aliphatic heterocycles. The minimum absolute atomic E-state index is 0.110. The molecule has 1 aromatic carbocycles. The molecule has 0 aliphatic carbocycles. The molecule has 0 radical (unpaired) electrons. The maximum absolute atomic E-state index is 12.1. The number of aryl methyl sites for hydroxylation is 1. The number of hydrogen-bond acceptors (Lipinski definition) is 4. The van der Waals surface area contributed by atoms with E-state index in [2.05, 4.69) is 0 Å². The zero-order valence-electron chi connectivity index (χ0n) is 12.2. The number of carbonyl (C=O) groups excluding carboxylic acids is 1. The summed E-state index contributed by atoms with van der Waals surface area (Å²) in [7, 11) is 0. The number of nitro benzene ring substituents is 1. The third-order valence-electron chi connectivity index (χ3n) is 3.70. The number of hydrogen-bond donors (Lipinski definition) is 0. The van der Waals surface area contributed by atoms with Crippen molar-refractivity contribution in [3.05, 3.63) is 33.9 Å². The first kappa shape index (κ1) is 15.8. The zero-order chi connectivity index (χ0) is 15.2. The third kappa shape index (κ3) is 4.20. The van der Waals surface area contributed by atoms with Crippen LogP contribution in [0, 0.1) is 10.1 Å². The molecule has 6 heteroatoms. The fraction of sp³-hybridized carbons (Fsp3) is 0.533. The van der Waals surface area contributed by atoms with Crippen LogP contribution in [0.4, 0.5) is 5.69 Å². The number of rotatable bonds is 5. The van der Waals surface area contributed by atoms with E-state index in [1.807, 2.05) is 11.8 Å². The Morgan fingerprint density at radius 3 is 2.67 bits per heavy atom. The summed E-state index contributed by atoms with van der Waals surface area (Å²) in [6.45, 7) is 3.69. The molecule has 5 nitrogen and oxygen atoms in total. The van der Waals surface area contributed by atoms with Crippen molar-refractivity contribution in [3.8, 4) is 0 Å². The molecule has 0 spiro atoms. The van der Waals surface area contributed by atoms with Gasteiger partial charge in [-0.2, -0.15) is 0 Å². The minimum Gasteiger partial charge on any atom is -0.342 e. The molecule has 1 saturated heterocycles. The summed E-state index contributed by atoms with van der Waals surface area (Å²) in [6.07, 6.45) is 4.11. The molecule has 1 amide bonds. The lowest BCUT2D eigenvalue weighted by Gasteiger charge is -2.26. The number of carbonyl (C=O) groups is 1. The predicted molar refractivity (Wildman–Crippen MR) is 83.6 cm³/mol. The molecule has 0 unspecified atom stereocenters. The van der Waals surface area contributed by atoms with Gasteiger partial charge >= 0.3 is 0 Å². The molecule has 114 valence electrons. The fourth-order valence-corrected chi connectivity index (χ4v) is 3.49. The molecule has 1 heterocycles. The van der Waals surface area contributed by atoms with Crippen molar-refractivity contribution in [1.29, 1.82) is 0 Å². The number of benzene rings is 1. The fourth-order valence-electron chi connectivity index (χ4n) is 2.47. The topological polar surface area (TPSA) is 63.5 Å². The highest BCUT2D eigenvalue weighted by Gasteiger charge is 2.17. The van der Waals surface area contributed by atoms with Crippen LogP contribution in [0.3, 0.4) is 0 Å². The molecule has 0 bridgehead atoms. The number of piperidine rings is 1. The van der Waals surface area contributed by atoms with Crippen LogP contribution in [0.5, 0.6) is 0 Å². The number of nitrogens with zero attached hydrogens (tertiary/aromatic N) is 2. The van der Waals surface area contributed by atoms with E-state index < -0.39 is 0 Å². The summed E-state index contributed by atoms with van der Waals surface area (Å²) in [5.74, 6) is 0.574. The molecule has 1 aromatic rings. The van der Waals surface area contributed by atoms with Gasteiger partial charge in [-0.05, 0) is 37.3 Å². The number of non-ortho nitro benzene ring substituents is 1. The first-order valence-electron chi connectivity index (χ1n) is 7.29. The molecular formula is C15H20N2O3S. The molecule has 0 atom stereocenters. The van der Waals surface area contributed by atoms with E-state index >= 15 is 0 Å². The average molecular weight is 308 g/mol. The number of amides is 1. The van der Waals surface area contributed by atoms with Gasteiger partial charge in [0.25, 0.3) is 5.69 Å². The van der Waals surface area contributed by atoms with E-state index in [1.54, 1.807) is 12.1 Å². The molecular weight excluding hydrogens is 288 g/mol. The van der Waals surface area contributed by atoms with Crippen molar-refractivity contribution in [2.24, 2.45) is 0 Å². The van der Waals surface area contributed by atoms with E-state index in [-0.39, 0.29) is 16.5 Å². The molecule has 21 heavy (non-hydrogen) atoms. The highest BCUT2D eigenvalue weighted by molar-refractivity contribution is 8.00. The Morgan fingerprint density at radius 1 is 1.33 bits per heavy atom. The van der Waals surface area contributed by atoms with Crippen LogP contribution >= 0.6 is 11.8 Å². The van der Waals surface area contributed by atoms with Gasteiger partial charge in [0.2, 0.25) is 5.91 Å². The maximum Gasteiger partial charge on any atom is 0.269 e. The lowest BCUT2D eigenvalue weighted by Crippen LogP contribution is -2.36. The standard InChI is InChI=1S/C15H20N2O3S/c1-2-12-10-13(17(19)20)6-7-14(12)21-11-15(18)16-8-4-3-5-9-16/h6-7,10H,2-5,8-9,11H2,1H3. The van der Waals surface area contributed by atoms with E-state index in [9.17, 15) is 14.9 Å². The highest BCUT2D eigenvalue weighted by Crippen LogP contribution is 2.27. The molecule has 0 N–H and O–H groups in total. The van der Waals surface area contributed by atoms with Gasteiger partial charge in [-0.1, -0.05) is 6.92 Å². The van der Waals surface area contributed by atoms with Gasteiger partial charge in [0.1, 0.15) is 0 Å². The van der Waals surface area contributed by atoms with Crippen LogP contribution in [0.25, 0.3) is 0 Å². The Kier molecular flexibility index (Phi) is 5.61. The van der Waals surface area contributed by atoms with E-state index in [0.29, 0.717) is 5.75 Å². The van der Waals surface area contributed by atoms with Crippen molar-refractivity contribution in [2.45, 2.75) is 37.5 Å². The summed E-state index contributed by atoms with van der Waals surface area (Å²) in [4.78, 5) is 25.4. The van der Waals surface area contributed by atoms with Crippen LogP contribution in [0.1, 0.15) is 31.7 Å². The smallest absolute Gasteiger partial charge is 0.269 e. The van der Waals surface area contributed by atoms with Crippen LogP contribution < -0.4 is 0 Å². The molecule has 1 fully saturated rings. The van der Waals surface area contributed by atoms with Crippen molar-refractivity contribution in [2.75, 3.05) is 18.8 Å². The second kappa shape index (κ2) is 7.45. The van der Waals surface area contributed by atoms with Gasteiger partial charge in [0.05, 0.1) is 10.7 Å². The second-order valence-electron chi connectivity index (χ2n) is 5.13. The Bertz CT molecular complexity index is 528. The summed E-state index contributed by atoms with van der Waals surface area (Å²) in [6, 6.07) is 4.87. The predicted octanol–water partition coefficient (Wildman–Crippen LogP) is 3.26. The number of likely N-dealkylation sites (tertiary alicyclic amines) is 1. The van der Waals surface area contributed by atoms with Crippen LogP contribution in [-0.2, 0) is 11.2 Å². The van der Waals surface area contributed by atoms with Gasteiger partial charge in [-0.3, -0.25) is 14.9 Å². The lowest BCUT2D eigenvalue weighted by atomic mass is 10.1. The van der Waals surface area contributed by atoms with Gasteiger partial charge in [0, 0.05) is 30.1 Å². The number of nitro groups is 1. The molecule has 0 aromatic heterocycles. The highest BCUT2D eigenvalue weighted by atomic mass is 32.2. The Balaban J connectivity index is 1.98. The van der Waals surface area contributed by atoms with Gasteiger partial charge in [-0.15, -0.1) is 11.8 Å². The monoisotopic (exact) mass is 308 g/mol. The van der Waals surface area contributed by atoms with Crippen LogP contribution in [0.15, 0.2) is 23.1 Å². The van der Waals surface area contributed by atoms with Crippen molar-refractivity contribution >= 4 is 23.4 Å². The zero-order valence-corrected chi connectivity index (χ0v) is 13.0. The van der Waals surface area contributed by atoms with Gasteiger partial charge in [0.15, 0.2) is 0 Å². The Morgan fingerprint density at radius 2 is 2.05 bits per heavy atom. The normalized spacial score (nSPS) is 15.0. The van der Waals surface area contributed by atoms with Crippen LogP contribution in [0.2, 0.25) is 0 Å². The Hall–Kier alpha value is -1.56. The quantitative estimate of drug-likeness (QED) is 0.476. The molecule has 0 saturated carbocycles. The average Bonchev–Trinajstić information content (AvgIpc) is 2.53. The SMILES string of the molecule is CCc1cc([N+](=O)[O-])ccc1SCC(=O)N1CCCCC1. The van der Waals surface area contributed by atoms with E-state index in [1.165, 1.54) is 24.2 Å². The van der Waals surface area contributed by atoms with Crippen molar-refractivity contribution in [1.82, 2.24) is 4.90 Å². The lowest BCUT2D eigenvalue weighted by molar-refractivity contribution is -0.385. The third-order valence-corrected chi connectivity index (χ3v) is 4.80. The summed E-state index contributed by atoms with van der Waals surface area (Å²) in [5, 5.41) is 10.8. The summed E-state index contributed by atoms with van der Waals surface area (Å²) in [5.41, 5.74) is 1.04. The second-order valence-corrected chi connectivity index (χ2v) is 6.15. The van der Waals surface area contributed by atoms with Crippen molar-refractivity contribution in [3.63, 3.8) is 0 Å². The Labute approximate surface area is 128 Å². The van der Waals surface area contributed by atoms with E-state index in [0.717, 1.165) is 42.8 Å². The molecule has 1 aliphatic rings. The van der Waals surface area contributed by atoms with Gasteiger partial charge < -0.3 is 4.90 Å². The largest absolute Gasteiger partial charge is 0.342 e. The summed E-state index contributed by atoms with van der Waals surface area (Å²) >= 11 is 1.48. The van der Waals surface area contributed by atoms with E-state index in [4.69, 9.17) is 0 Å². The maximum atomic E-state index is 12.1. The first-order valence-corrected chi connectivity index (χ1v) is 8.28. The number of thioether (sulfide) groups is 1. The first-order chi connectivity index (χ1) is 10.1.